The van der Waals surface area contributed by atoms with Crippen LogP contribution in [-0.4, -0.2) is 16.4 Å². The molecule has 0 amide bonds. The molecule has 17 heavy (non-hydrogen) atoms. The van der Waals surface area contributed by atoms with Gasteiger partial charge in [0.1, 0.15) is 0 Å². The molecule has 1 fully saturated rings. The average Bonchev–Trinajstić information content (AvgIpc) is 2.75. The van der Waals surface area contributed by atoms with Gasteiger partial charge in [-0.25, -0.2) is 0 Å². The molecule has 1 saturated carbocycles. The first-order chi connectivity index (χ1) is 8.16. The van der Waals surface area contributed by atoms with E-state index in [4.69, 9.17) is 5.73 Å². The molecule has 3 nitrogen and oxygen atoms in total. The van der Waals surface area contributed by atoms with Crippen LogP contribution in [0, 0.1) is 5.92 Å². The SMILES string of the molecule is Cn1ccc(CC(N)C(=O)C2CCCCC2)c1. The van der Waals surface area contributed by atoms with Crippen LogP contribution in [-0.2, 0) is 18.3 Å². The van der Waals surface area contributed by atoms with Crippen LogP contribution in [0.5, 0.6) is 0 Å². The van der Waals surface area contributed by atoms with Crippen molar-refractivity contribution in [3.05, 3.63) is 24.0 Å². The molecule has 2 N–H and O–H groups in total. The summed E-state index contributed by atoms with van der Waals surface area (Å²) in [4.78, 5) is 12.2. The van der Waals surface area contributed by atoms with Crippen molar-refractivity contribution in [1.29, 1.82) is 0 Å². The number of aromatic nitrogens is 1. The Morgan fingerprint density at radius 3 is 2.76 bits per heavy atom. The predicted molar refractivity (Wildman–Crippen MR) is 68.7 cm³/mol. The Balaban J connectivity index is 1.90. The minimum absolute atomic E-state index is 0.225. The molecule has 1 atom stereocenters. The highest BCUT2D eigenvalue weighted by atomic mass is 16.1. The summed E-state index contributed by atoms with van der Waals surface area (Å²) in [5.41, 5.74) is 7.19. The summed E-state index contributed by atoms with van der Waals surface area (Å²) in [6.45, 7) is 0. The molecule has 1 aromatic heterocycles. The van der Waals surface area contributed by atoms with E-state index in [0.29, 0.717) is 6.42 Å². The van der Waals surface area contributed by atoms with Crippen molar-refractivity contribution < 1.29 is 4.79 Å². The Morgan fingerprint density at radius 1 is 1.47 bits per heavy atom. The molecular formula is C14H22N2O. The molecule has 0 spiro atoms. The monoisotopic (exact) mass is 234 g/mol. The van der Waals surface area contributed by atoms with Crippen molar-refractivity contribution >= 4 is 5.78 Å². The van der Waals surface area contributed by atoms with Crippen LogP contribution < -0.4 is 5.73 Å². The van der Waals surface area contributed by atoms with Crippen LogP contribution in [0.15, 0.2) is 18.5 Å². The largest absolute Gasteiger partial charge is 0.357 e. The molecule has 0 aromatic carbocycles. The predicted octanol–water partition coefficient (Wildman–Crippen LogP) is 2.04. The van der Waals surface area contributed by atoms with Crippen LogP contribution in [0.25, 0.3) is 0 Å². The van der Waals surface area contributed by atoms with Gasteiger partial charge in [-0.05, 0) is 30.9 Å². The van der Waals surface area contributed by atoms with Gasteiger partial charge in [0.15, 0.2) is 5.78 Å². The highest BCUT2D eigenvalue weighted by molar-refractivity contribution is 5.86. The summed E-state index contributed by atoms with van der Waals surface area (Å²) in [7, 11) is 1.98. The quantitative estimate of drug-likeness (QED) is 0.866. The lowest BCUT2D eigenvalue weighted by atomic mass is 9.83. The number of nitrogens with two attached hydrogens (primary N) is 1. The average molecular weight is 234 g/mol. The maximum absolute atomic E-state index is 12.2. The molecule has 0 aliphatic heterocycles. The third-order valence-electron chi connectivity index (χ3n) is 3.72. The summed E-state index contributed by atoms with van der Waals surface area (Å²) in [5.74, 6) is 0.496. The van der Waals surface area contributed by atoms with E-state index in [2.05, 4.69) is 0 Å². The van der Waals surface area contributed by atoms with Crippen molar-refractivity contribution in [2.45, 2.75) is 44.6 Å². The van der Waals surface area contributed by atoms with Gasteiger partial charge in [-0.1, -0.05) is 19.3 Å². The molecule has 1 aliphatic carbocycles. The first-order valence-electron chi connectivity index (χ1n) is 6.57. The molecule has 2 rings (SSSR count). The third-order valence-corrected chi connectivity index (χ3v) is 3.72. The first kappa shape index (κ1) is 12.4. The van der Waals surface area contributed by atoms with Gasteiger partial charge in [-0.3, -0.25) is 4.79 Å². The number of Topliss-reactive ketones (excluding diaryl/α,β-unsaturated/α-hetero) is 1. The van der Waals surface area contributed by atoms with Gasteiger partial charge in [0.25, 0.3) is 0 Å². The summed E-state index contributed by atoms with van der Waals surface area (Å²) >= 11 is 0. The van der Waals surface area contributed by atoms with Gasteiger partial charge in [-0.15, -0.1) is 0 Å². The van der Waals surface area contributed by atoms with E-state index in [0.717, 1.165) is 18.4 Å². The summed E-state index contributed by atoms with van der Waals surface area (Å²) in [6, 6.07) is 1.72. The maximum Gasteiger partial charge on any atom is 0.152 e. The standard InChI is InChI=1S/C14H22N2O/c1-16-8-7-11(10-16)9-13(15)14(17)12-5-3-2-4-6-12/h7-8,10,12-13H,2-6,9,15H2,1H3. The molecule has 3 heteroatoms. The summed E-state index contributed by atoms with van der Waals surface area (Å²) in [6.07, 6.45) is 10.4. The number of carbonyl (C=O) groups is 1. The summed E-state index contributed by atoms with van der Waals surface area (Å²) in [5, 5.41) is 0. The molecule has 0 radical (unpaired) electrons. The van der Waals surface area contributed by atoms with Crippen LogP contribution in [0.3, 0.4) is 0 Å². The Labute approximate surface area is 103 Å². The zero-order valence-corrected chi connectivity index (χ0v) is 10.6. The zero-order chi connectivity index (χ0) is 12.3. The summed E-state index contributed by atoms with van der Waals surface area (Å²) < 4.78 is 1.99. The van der Waals surface area contributed by atoms with Crippen molar-refractivity contribution in [3.8, 4) is 0 Å². The van der Waals surface area contributed by atoms with Gasteiger partial charge < -0.3 is 10.3 Å². The second-order valence-corrected chi connectivity index (χ2v) is 5.23. The molecule has 94 valence electrons. The van der Waals surface area contributed by atoms with E-state index in [-0.39, 0.29) is 17.7 Å². The molecule has 1 aliphatic rings. The molecule has 0 bridgehead atoms. The van der Waals surface area contributed by atoms with Gasteiger partial charge in [0.05, 0.1) is 6.04 Å². The fraction of sp³-hybridized carbons (Fsp3) is 0.643. The van der Waals surface area contributed by atoms with Gasteiger partial charge in [0.2, 0.25) is 0 Å². The normalized spacial score (nSPS) is 19.2. The lowest BCUT2D eigenvalue weighted by molar-refractivity contribution is -0.125. The number of aryl methyl sites for hydroxylation is 1. The van der Waals surface area contributed by atoms with Crippen molar-refractivity contribution in [1.82, 2.24) is 4.57 Å². The second-order valence-electron chi connectivity index (χ2n) is 5.23. The van der Waals surface area contributed by atoms with Crippen LogP contribution >= 0.6 is 0 Å². The first-order valence-corrected chi connectivity index (χ1v) is 6.57. The van der Waals surface area contributed by atoms with E-state index in [1.165, 1.54) is 19.3 Å². The Morgan fingerprint density at radius 2 is 2.18 bits per heavy atom. The van der Waals surface area contributed by atoms with Crippen molar-refractivity contribution in [2.24, 2.45) is 18.7 Å². The fourth-order valence-electron chi connectivity index (χ4n) is 2.73. The smallest absolute Gasteiger partial charge is 0.152 e. The van der Waals surface area contributed by atoms with E-state index in [1.807, 2.05) is 30.1 Å². The number of ketones is 1. The minimum Gasteiger partial charge on any atom is -0.357 e. The molecule has 1 aromatic rings. The van der Waals surface area contributed by atoms with E-state index >= 15 is 0 Å². The molecular weight excluding hydrogens is 212 g/mol. The van der Waals surface area contributed by atoms with Crippen LogP contribution in [0.4, 0.5) is 0 Å². The maximum atomic E-state index is 12.2. The number of carbonyl (C=O) groups excluding carboxylic acids is 1. The number of hydrogen-bond acceptors (Lipinski definition) is 2. The van der Waals surface area contributed by atoms with Gasteiger partial charge in [-0.2, -0.15) is 0 Å². The molecule has 1 unspecified atom stereocenters. The molecule has 1 heterocycles. The number of hydrogen-bond donors (Lipinski definition) is 1. The number of nitrogens with zero attached hydrogens (tertiary/aromatic N) is 1. The highest BCUT2D eigenvalue weighted by Gasteiger charge is 2.25. The lowest BCUT2D eigenvalue weighted by Crippen LogP contribution is -2.38. The molecule has 0 saturated heterocycles. The number of rotatable bonds is 4. The van der Waals surface area contributed by atoms with Crippen LogP contribution in [0.1, 0.15) is 37.7 Å². The minimum atomic E-state index is -0.319. The van der Waals surface area contributed by atoms with Gasteiger partial charge in [0, 0.05) is 25.4 Å². The van der Waals surface area contributed by atoms with Crippen molar-refractivity contribution in [3.63, 3.8) is 0 Å². The Kier molecular flexibility index (Phi) is 4.00. The van der Waals surface area contributed by atoms with E-state index < -0.39 is 0 Å². The Bertz CT molecular complexity index is 377. The second kappa shape index (κ2) is 5.50. The van der Waals surface area contributed by atoms with Crippen molar-refractivity contribution in [2.75, 3.05) is 0 Å². The lowest BCUT2D eigenvalue weighted by Gasteiger charge is -2.23. The Hall–Kier alpha value is -1.09. The zero-order valence-electron chi connectivity index (χ0n) is 10.6. The third kappa shape index (κ3) is 3.19. The van der Waals surface area contributed by atoms with E-state index in [1.54, 1.807) is 0 Å². The topological polar surface area (TPSA) is 48.0 Å². The van der Waals surface area contributed by atoms with Gasteiger partial charge >= 0.3 is 0 Å². The fourth-order valence-corrected chi connectivity index (χ4v) is 2.73. The highest BCUT2D eigenvalue weighted by Crippen LogP contribution is 2.25. The van der Waals surface area contributed by atoms with Crippen LogP contribution in [0.2, 0.25) is 0 Å². The van der Waals surface area contributed by atoms with E-state index in [9.17, 15) is 4.79 Å².